The molecule has 18 heavy (non-hydrogen) atoms. The maximum atomic E-state index is 8.98. The summed E-state index contributed by atoms with van der Waals surface area (Å²) in [6.45, 7) is 6.38. The minimum absolute atomic E-state index is 0.414. The molecule has 0 unspecified atom stereocenters. The number of hydrogen-bond acceptors (Lipinski definition) is 4. The number of rotatable bonds is 6. The molecule has 0 aliphatic rings. The topological polar surface area (TPSA) is 49.1 Å². The summed E-state index contributed by atoms with van der Waals surface area (Å²) in [6, 6.07) is 3.69. The molecular formula is C13H18ClN3O. The summed E-state index contributed by atoms with van der Waals surface area (Å²) in [5.74, 6) is 1.13. The van der Waals surface area contributed by atoms with E-state index in [0.717, 1.165) is 6.54 Å². The largest absolute Gasteiger partial charge is 0.383 e. The Balaban J connectivity index is 3.00. The fourth-order valence-corrected chi connectivity index (χ4v) is 1.94. The molecule has 0 spiro atoms. The summed E-state index contributed by atoms with van der Waals surface area (Å²) in [6.07, 6.45) is 1.61. The second kappa shape index (κ2) is 7.20. The Morgan fingerprint density at radius 1 is 1.56 bits per heavy atom. The molecular weight excluding hydrogens is 250 g/mol. The molecule has 1 heterocycles. The molecule has 1 rings (SSSR count). The second-order valence-corrected chi connectivity index (χ2v) is 4.82. The van der Waals surface area contributed by atoms with Gasteiger partial charge in [0.1, 0.15) is 16.9 Å². The second-order valence-electron chi connectivity index (χ2n) is 4.44. The molecule has 0 aliphatic carbocycles. The van der Waals surface area contributed by atoms with E-state index >= 15 is 0 Å². The Morgan fingerprint density at radius 3 is 2.83 bits per heavy atom. The first-order chi connectivity index (χ1) is 8.60. The van der Waals surface area contributed by atoms with Gasteiger partial charge in [-0.3, -0.25) is 0 Å². The smallest absolute Gasteiger partial charge is 0.148 e. The summed E-state index contributed by atoms with van der Waals surface area (Å²) in [7, 11) is 1.66. The van der Waals surface area contributed by atoms with Crippen LogP contribution in [0.5, 0.6) is 0 Å². The van der Waals surface area contributed by atoms with E-state index in [0.29, 0.717) is 35.5 Å². The zero-order valence-corrected chi connectivity index (χ0v) is 11.7. The summed E-state index contributed by atoms with van der Waals surface area (Å²) >= 11 is 6.20. The van der Waals surface area contributed by atoms with Crippen LogP contribution in [-0.2, 0) is 4.74 Å². The third kappa shape index (κ3) is 3.86. The molecule has 0 fully saturated rings. The zero-order valence-electron chi connectivity index (χ0n) is 11.0. The van der Waals surface area contributed by atoms with Gasteiger partial charge < -0.3 is 9.64 Å². The summed E-state index contributed by atoms with van der Waals surface area (Å²) in [5, 5.41) is 9.39. The number of hydrogen-bond donors (Lipinski definition) is 0. The number of anilines is 1. The maximum absolute atomic E-state index is 8.98. The predicted octanol–water partition coefficient (Wildman–Crippen LogP) is 2.72. The van der Waals surface area contributed by atoms with Crippen molar-refractivity contribution >= 4 is 17.4 Å². The first-order valence-corrected chi connectivity index (χ1v) is 6.26. The van der Waals surface area contributed by atoms with E-state index < -0.39 is 0 Å². The molecule has 4 nitrogen and oxygen atoms in total. The molecule has 0 aliphatic heterocycles. The average molecular weight is 268 g/mol. The van der Waals surface area contributed by atoms with Gasteiger partial charge in [-0.1, -0.05) is 25.4 Å². The first kappa shape index (κ1) is 14.7. The molecule has 0 aromatic carbocycles. The van der Waals surface area contributed by atoms with E-state index in [1.54, 1.807) is 19.4 Å². The molecule has 0 amide bonds. The highest BCUT2D eigenvalue weighted by Gasteiger charge is 2.15. The van der Waals surface area contributed by atoms with Crippen molar-refractivity contribution in [3.63, 3.8) is 0 Å². The van der Waals surface area contributed by atoms with Crippen LogP contribution in [0.3, 0.4) is 0 Å². The van der Waals surface area contributed by atoms with Gasteiger partial charge in [-0.15, -0.1) is 0 Å². The summed E-state index contributed by atoms with van der Waals surface area (Å²) in [4.78, 5) is 6.33. The van der Waals surface area contributed by atoms with Crippen LogP contribution in [0.4, 0.5) is 5.82 Å². The van der Waals surface area contributed by atoms with E-state index in [4.69, 9.17) is 21.6 Å². The van der Waals surface area contributed by atoms with Crippen molar-refractivity contribution < 1.29 is 4.74 Å². The Hall–Kier alpha value is -1.31. The normalized spacial score (nSPS) is 10.4. The Bertz CT molecular complexity index is 429. The fourth-order valence-electron chi connectivity index (χ4n) is 1.67. The van der Waals surface area contributed by atoms with Gasteiger partial charge in [0.05, 0.1) is 12.2 Å². The highest BCUT2D eigenvalue weighted by molar-refractivity contribution is 6.34. The Morgan fingerprint density at radius 2 is 2.28 bits per heavy atom. The lowest BCUT2D eigenvalue weighted by molar-refractivity contribution is 0.204. The molecule has 0 saturated carbocycles. The number of aromatic nitrogens is 1. The van der Waals surface area contributed by atoms with E-state index in [9.17, 15) is 0 Å². The number of methoxy groups -OCH3 is 1. The summed E-state index contributed by atoms with van der Waals surface area (Å²) < 4.78 is 5.09. The molecule has 0 atom stereocenters. The van der Waals surface area contributed by atoms with Crippen LogP contribution in [-0.4, -0.2) is 31.8 Å². The zero-order chi connectivity index (χ0) is 13.5. The number of nitrogens with zero attached hydrogens (tertiary/aromatic N) is 3. The maximum Gasteiger partial charge on any atom is 0.148 e. The molecule has 0 saturated heterocycles. The van der Waals surface area contributed by atoms with Gasteiger partial charge in [0.15, 0.2) is 0 Å². The molecule has 5 heteroatoms. The Labute approximate surface area is 113 Å². The van der Waals surface area contributed by atoms with Gasteiger partial charge in [0.2, 0.25) is 0 Å². The quantitative estimate of drug-likeness (QED) is 0.795. The van der Waals surface area contributed by atoms with Gasteiger partial charge >= 0.3 is 0 Å². The standard InChI is InChI=1S/C13H18ClN3O/c1-10(2)9-17(6-7-18-3)13-12(14)11(8-15)4-5-16-13/h4-5,10H,6-7,9H2,1-3H3. The van der Waals surface area contributed by atoms with Gasteiger partial charge in [0, 0.05) is 26.4 Å². The van der Waals surface area contributed by atoms with E-state index in [2.05, 4.69) is 29.8 Å². The monoisotopic (exact) mass is 267 g/mol. The highest BCUT2D eigenvalue weighted by Crippen LogP contribution is 2.26. The van der Waals surface area contributed by atoms with Crippen molar-refractivity contribution in [1.82, 2.24) is 4.98 Å². The third-order valence-corrected chi connectivity index (χ3v) is 2.81. The van der Waals surface area contributed by atoms with Crippen LogP contribution in [0.2, 0.25) is 5.02 Å². The van der Waals surface area contributed by atoms with E-state index in [1.807, 2.05) is 0 Å². The molecule has 0 bridgehead atoms. The van der Waals surface area contributed by atoms with Crippen molar-refractivity contribution in [3.05, 3.63) is 22.8 Å². The van der Waals surface area contributed by atoms with Crippen molar-refractivity contribution in [3.8, 4) is 6.07 Å². The minimum atomic E-state index is 0.414. The van der Waals surface area contributed by atoms with Crippen molar-refractivity contribution in [1.29, 1.82) is 5.26 Å². The fraction of sp³-hybridized carbons (Fsp3) is 0.538. The molecule has 98 valence electrons. The number of ether oxygens (including phenoxy) is 1. The first-order valence-electron chi connectivity index (χ1n) is 5.88. The number of pyridine rings is 1. The van der Waals surface area contributed by atoms with Gasteiger partial charge in [-0.25, -0.2) is 4.98 Å². The number of halogens is 1. The van der Waals surface area contributed by atoms with Crippen LogP contribution in [0.15, 0.2) is 12.3 Å². The number of nitriles is 1. The molecule has 1 aromatic heterocycles. The molecule has 1 aromatic rings. The predicted molar refractivity (Wildman–Crippen MR) is 72.9 cm³/mol. The summed E-state index contributed by atoms with van der Waals surface area (Å²) in [5.41, 5.74) is 0.452. The molecule has 0 N–H and O–H groups in total. The van der Waals surface area contributed by atoms with Crippen LogP contribution in [0.25, 0.3) is 0 Å². The Kier molecular flexibility index (Phi) is 5.90. The third-order valence-electron chi connectivity index (χ3n) is 2.44. The van der Waals surface area contributed by atoms with Crippen LogP contribution < -0.4 is 4.90 Å². The lowest BCUT2D eigenvalue weighted by Gasteiger charge is -2.26. The van der Waals surface area contributed by atoms with Gasteiger partial charge in [-0.2, -0.15) is 5.26 Å². The van der Waals surface area contributed by atoms with Crippen LogP contribution >= 0.6 is 11.6 Å². The lowest BCUT2D eigenvalue weighted by atomic mass is 10.2. The SMILES string of the molecule is COCCN(CC(C)C)c1nccc(C#N)c1Cl. The van der Waals surface area contributed by atoms with Crippen molar-refractivity contribution in [2.75, 3.05) is 31.7 Å². The molecule has 0 radical (unpaired) electrons. The van der Waals surface area contributed by atoms with Crippen LogP contribution in [0, 0.1) is 17.2 Å². The lowest BCUT2D eigenvalue weighted by Crippen LogP contribution is -2.32. The van der Waals surface area contributed by atoms with Gasteiger partial charge in [-0.05, 0) is 12.0 Å². The minimum Gasteiger partial charge on any atom is -0.383 e. The van der Waals surface area contributed by atoms with Gasteiger partial charge in [0.25, 0.3) is 0 Å². The highest BCUT2D eigenvalue weighted by atomic mass is 35.5. The van der Waals surface area contributed by atoms with Crippen molar-refractivity contribution in [2.24, 2.45) is 5.92 Å². The van der Waals surface area contributed by atoms with E-state index in [1.165, 1.54) is 0 Å². The van der Waals surface area contributed by atoms with Crippen LogP contribution in [0.1, 0.15) is 19.4 Å². The van der Waals surface area contributed by atoms with Crippen molar-refractivity contribution in [2.45, 2.75) is 13.8 Å². The average Bonchev–Trinajstić information content (AvgIpc) is 2.34. The van der Waals surface area contributed by atoms with E-state index in [-0.39, 0.29) is 0 Å².